The van der Waals surface area contributed by atoms with E-state index in [1.54, 1.807) is 0 Å². The van der Waals surface area contributed by atoms with Crippen LogP contribution in [0.25, 0.3) is 11.0 Å². The molecule has 2 nitrogen and oxygen atoms in total. The summed E-state index contributed by atoms with van der Waals surface area (Å²) in [6.45, 7) is 1.94. The molecule has 1 radical (unpaired) electrons. The molecule has 2 rings (SSSR count). The van der Waals surface area contributed by atoms with Gasteiger partial charge in [-0.15, -0.1) is 0 Å². The Kier molecular flexibility index (Phi) is 1.55. The lowest BCUT2D eigenvalue weighted by atomic mass is 10.2. The highest BCUT2D eigenvalue weighted by Crippen LogP contribution is 2.22. The number of fused-ring (bicyclic) bond motifs is 1. The second-order valence-corrected chi connectivity index (χ2v) is 3.20. The van der Waals surface area contributed by atoms with Gasteiger partial charge in [0.05, 0.1) is 16.8 Å². The maximum atomic E-state index is 5.89. The van der Waals surface area contributed by atoms with Crippen molar-refractivity contribution in [1.29, 1.82) is 0 Å². The number of nitrogens with zero attached hydrogens (tertiary/aromatic N) is 2. The molecule has 0 amide bonds. The first kappa shape index (κ1) is 7.00. The summed E-state index contributed by atoms with van der Waals surface area (Å²) in [6.07, 6.45) is 0. The first-order valence-corrected chi connectivity index (χ1v) is 4.19. The van der Waals surface area contributed by atoms with Crippen LogP contribution in [0, 0.1) is 13.0 Å². The molecule has 0 saturated carbocycles. The minimum Gasteiger partial charge on any atom is -0.172 e. The third-order valence-electron chi connectivity index (χ3n) is 1.37. The van der Waals surface area contributed by atoms with Gasteiger partial charge in [0.25, 0.3) is 0 Å². The van der Waals surface area contributed by atoms with Crippen molar-refractivity contribution < 1.29 is 0 Å². The molecule has 0 bridgehead atoms. The van der Waals surface area contributed by atoms with Crippen LogP contribution in [0.2, 0.25) is 5.02 Å². The van der Waals surface area contributed by atoms with E-state index in [0.29, 0.717) is 5.02 Å². The molecule has 0 spiro atoms. The van der Waals surface area contributed by atoms with Crippen molar-refractivity contribution in [3.8, 4) is 0 Å². The minimum absolute atomic E-state index is 0.657. The van der Waals surface area contributed by atoms with Crippen LogP contribution in [-0.2, 0) is 0 Å². The molecule has 11 heavy (non-hydrogen) atoms. The predicted molar refractivity (Wildman–Crippen MR) is 46.0 cm³/mol. The summed E-state index contributed by atoms with van der Waals surface area (Å²) < 4.78 is 8.06. The lowest BCUT2D eigenvalue weighted by molar-refractivity contribution is 1.47. The quantitative estimate of drug-likeness (QED) is 0.627. The molecule has 0 aliphatic carbocycles. The zero-order valence-electron chi connectivity index (χ0n) is 5.76. The first-order chi connectivity index (χ1) is 5.27. The molecule has 1 aromatic carbocycles. The number of hydrogen-bond donors (Lipinski definition) is 0. The normalized spacial score (nSPS) is 10.7. The number of hydrogen-bond acceptors (Lipinski definition) is 3. The van der Waals surface area contributed by atoms with Crippen LogP contribution in [0.5, 0.6) is 0 Å². The Morgan fingerprint density at radius 2 is 2.36 bits per heavy atom. The van der Waals surface area contributed by atoms with Crippen LogP contribution in [0.3, 0.4) is 0 Å². The largest absolute Gasteiger partial charge is 0.172 e. The Labute approximate surface area is 73.1 Å². The first-order valence-electron chi connectivity index (χ1n) is 3.08. The van der Waals surface area contributed by atoms with E-state index in [9.17, 15) is 0 Å². The molecule has 2 aromatic rings. The molecule has 0 atom stereocenters. The molecule has 0 N–H and O–H groups in total. The van der Waals surface area contributed by atoms with E-state index in [4.69, 9.17) is 11.6 Å². The monoisotopic (exact) mass is 183 g/mol. The summed E-state index contributed by atoms with van der Waals surface area (Å²) in [7, 11) is 0. The van der Waals surface area contributed by atoms with Crippen molar-refractivity contribution in [1.82, 2.24) is 8.75 Å². The number of benzene rings is 1. The number of aromatic nitrogens is 2. The summed E-state index contributed by atoms with van der Waals surface area (Å²) in [5, 5.41) is 0.657. The smallest absolute Gasteiger partial charge is 0.124 e. The SMILES string of the molecule is Cc1[c]c2nsnc2c(Cl)c1. The average Bonchev–Trinajstić information content (AvgIpc) is 2.34. The second kappa shape index (κ2) is 2.43. The Hall–Kier alpha value is -0.670. The maximum Gasteiger partial charge on any atom is 0.124 e. The number of rotatable bonds is 0. The standard InChI is InChI=1S/C7H4ClN2S/c1-4-2-5(8)7-6(3-4)9-11-10-7/h2H,1H3. The van der Waals surface area contributed by atoms with Gasteiger partial charge < -0.3 is 0 Å². The highest BCUT2D eigenvalue weighted by molar-refractivity contribution is 7.00. The van der Waals surface area contributed by atoms with Gasteiger partial charge in [-0.1, -0.05) is 11.6 Å². The van der Waals surface area contributed by atoms with Crippen LogP contribution in [0.4, 0.5) is 0 Å². The molecule has 0 saturated heterocycles. The molecule has 0 unspecified atom stereocenters. The zero-order chi connectivity index (χ0) is 7.84. The summed E-state index contributed by atoms with van der Waals surface area (Å²) in [5.41, 5.74) is 2.51. The Balaban J connectivity index is 2.91. The second-order valence-electron chi connectivity index (χ2n) is 2.26. The van der Waals surface area contributed by atoms with Crippen molar-refractivity contribution in [3.05, 3.63) is 22.7 Å². The summed E-state index contributed by atoms with van der Waals surface area (Å²) in [5.74, 6) is 0. The highest BCUT2D eigenvalue weighted by atomic mass is 35.5. The fraction of sp³-hybridized carbons (Fsp3) is 0.143. The summed E-state index contributed by atoms with van der Waals surface area (Å²) in [4.78, 5) is 0. The Morgan fingerprint density at radius 1 is 1.55 bits per heavy atom. The van der Waals surface area contributed by atoms with Gasteiger partial charge in [-0.25, -0.2) is 0 Å². The van der Waals surface area contributed by atoms with Crippen LogP contribution in [0.15, 0.2) is 6.07 Å². The predicted octanol–water partition coefficient (Wildman–Crippen LogP) is 2.45. The van der Waals surface area contributed by atoms with Crippen molar-refractivity contribution in [3.63, 3.8) is 0 Å². The fourth-order valence-electron chi connectivity index (χ4n) is 0.909. The van der Waals surface area contributed by atoms with Gasteiger partial charge in [0.1, 0.15) is 11.0 Å². The lowest BCUT2D eigenvalue weighted by Gasteiger charge is -1.92. The molecule has 1 aromatic heterocycles. The number of aryl methyl sites for hydroxylation is 1. The average molecular weight is 184 g/mol. The Morgan fingerprint density at radius 3 is 3.18 bits per heavy atom. The van der Waals surface area contributed by atoms with E-state index >= 15 is 0 Å². The highest BCUT2D eigenvalue weighted by Gasteiger charge is 2.03. The molecule has 1 heterocycles. The molecule has 55 valence electrons. The third kappa shape index (κ3) is 1.10. The summed E-state index contributed by atoms with van der Waals surface area (Å²) in [6, 6.07) is 4.90. The van der Waals surface area contributed by atoms with Gasteiger partial charge in [-0.05, 0) is 18.6 Å². The van der Waals surface area contributed by atoms with Crippen LogP contribution >= 0.6 is 23.3 Å². The van der Waals surface area contributed by atoms with Gasteiger partial charge in [0, 0.05) is 6.07 Å². The van der Waals surface area contributed by atoms with Crippen LogP contribution in [-0.4, -0.2) is 8.75 Å². The third-order valence-corrected chi connectivity index (χ3v) is 2.19. The maximum absolute atomic E-state index is 5.89. The zero-order valence-corrected chi connectivity index (χ0v) is 7.33. The molecule has 0 aliphatic rings. The van der Waals surface area contributed by atoms with Crippen molar-refractivity contribution >= 4 is 34.4 Å². The van der Waals surface area contributed by atoms with E-state index < -0.39 is 0 Å². The van der Waals surface area contributed by atoms with E-state index in [-0.39, 0.29) is 0 Å². The fourth-order valence-corrected chi connectivity index (χ4v) is 1.78. The van der Waals surface area contributed by atoms with Crippen molar-refractivity contribution in [2.24, 2.45) is 0 Å². The lowest BCUT2D eigenvalue weighted by Crippen LogP contribution is -1.76. The molecule has 0 fully saturated rings. The molecule has 0 aliphatic heterocycles. The van der Waals surface area contributed by atoms with E-state index in [1.807, 2.05) is 13.0 Å². The van der Waals surface area contributed by atoms with Gasteiger partial charge in [0.15, 0.2) is 0 Å². The Bertz CT molecular complexity index is 396. The molecule has 4 heteroatoms. The molecular weight excluding hydrogens is 180 g/mol. The minimum atomic E-state index is 0.657. The van der Waals surface area contributed by atoms with Gasteiger partial charge in [-0.2, -0.15) is 8.75 Å². The van der Waals surface area contributed by atoms with Crippen molar-refractivity contribution in [2.45, 2.75) is 6.92 Å². The van der Waals surface area contributed by atoms with Gasteiger partial charge in [0.2, 0.25) is 0 Å². The van der Waals surface area contributed by atoms with E-state index in [0.717, 1.165) is 28.3 Å². The van der Waals surface area contributed by atoms with Crippen LogP contribution in [0.1, 0.15) is 5.56 Å². The van der Waals surface area contributed by atoms with Crippen LogP contribution < -0.4 is 0 Å². The van der Waals surface area contributed by atoms with Gasteiger partial charge in [-0.3, -0.25) is 0 Å². The van der Waals surface area contributed by atoms with Gasteiger partial charge >= 0.3 is 0 Å². The van der Waals surface area contributed by atoms with E-state index in [2.05, 4.69) is 14.8 Å². The summed E-state index contributed by atoms with van der Waals surface area (Å²) >= 11 is 7.05. The molecular formula is C7H4ClN2S. The topological polar surface area (TPSA) is 25.8 Å². The van der Waals surface area contributed by atoms with Crippen molar-refractivity contribution in [2.75, 3.05) is 0 Å². The van der Waals surface area contributed by atoms with E-state index in [1.165, 1.54) is 0 Å². The number of halogens is 1.